The molecular weight excluding hydrogens is 226 g/mol. The van der Waals surface area contributed by atoms with Gasteiger partial charge in [-0.15, -0.1) is 0 Å². The summed E-state index contributed by atoms with van der Waals surface area (Å²) in [6.45, 7) is 8.34. The molecule has 0 radical (unpaired) electrons. The second-order valence-electron chi connectivity index (χ2n) is 6.34. The zero-order valence-electron chi connectivity index (χ0n) is 11.7. The third-order valence-corrected chi connectivity index (χ3v) is 4.92. The molecule has 0 N–H and O–H groups in total. The smallest absolute Gasteiger partial charge is 0.0859 e. The van der Waals surface area contributed by atoms with Gasteiger partial charge in [-0.2, -0.15) is 0 Å². The van der Waals surface area contributed by atoms with Crippen molar-refractivity contribution in [2.24, 2.45) is 11.8 Å². The van der Waals surface area contributed by atoms with E-state index < -0.39 is 0 Å². The zero-order valence-corrected chi connectivity index (χ0v) is 11.7. The van der Waals surface area contributed by atoms with Crippen LogP contribution in [0.25, 0.3) is 0 Å². The molecule has 3 rings (SSSR count). The van der Waals surface area contributed by atoms with Gasteiger partial charge in [0.2, 0.25) is 0 Å². The van der Waals surface area contributed by atoms with Crippen molar-refractivity contribution in [3.8, 4) is 0 Å². The molecule has 0 bridgehead atoms. The molecule has 2 atom stereocenters. The number of hydrogen-bond acceptors (Lipinski definition) is 3. The fourth-order valence-electron chi connectivity index (χ4n) is 3.71. The van der Waals surface area contributed by atoms with E-state index in [2.05, 4.69) is 11.8 Å². The van der Waals surface area contributed by atoms with Crippen molar-refractivity contribution in [3.05, 3.63) is 0 Å². The maximum Gasteiger partial charge on any atom is 0.0859 e. The predicted molar refractivity (Wildman–Crippen MR) is 71.7 cm³/mol. The summed E-state index contributed by atoms with van der Waals surface area (Å²) in [5.74, 6) is 1.62. The van der Waals surface area contributed by atoms with Gasteiger partial charge in [0, 0.05) is 32.2 Å². The minimum atomic E-state index is 0.127. The fourth-order valence-corrected chi connectivity index (χ4v) is 3.71. The van der Waals surface area contributed by atoms with Crippen LogP contribution in [0, 0.1) is 11.8 Å². The molecule has 3 heteroatoms. The minimum Gasteiger partial charge on any atom is -0.381 e. The molecule has 1 heterocycles. The van der Waals surface area contributed by atoms with E-state index in [-0.39, 0.29) is 5.60 Å². The second-order valence-corrected chi connectivity index (χ2v) is 6.34. The lowest BCUT2D eigenvalue weighted by Crippen LogP contribution is -2.55. The first kappa shape index (κ1) is 12.9. The van der Waals surface area contributed by atoms with Crippen LogP contribution in [0.3, 0.4) is 0 Å². The Labute approximate surface area is 111 Å². The highest BCUT2D eigenvalue weighted by molar-refractivity contribution is 4.99. The van der Waals surface area contributed by atoms with Crippen LogP contribution in [-0.2, 0) is 9.47 Å². The quantitative estimate of drug-likeness (QED) is 0.750. The van der Waals surface area contributed by atoms with Crippen molar-refractivity contribution >= 4 is 0 Å². The highest BCUT2D eigenvalue weighted by Gasteiger charge is 2.47. The lowest BCUT2D eigenvalue weighted by Gasteiger charge is -2.44. The summed E-state index contributed by atoms with van der Waals surface area (Å²) in [5, 5.41) is 0. The van der Waals surface area contributed by atoms with Crippen molar-refractivity contribution < 1.29 is 9.47 Å². The third kappa shape index (κ3) is 2.73. The Balaban J connectivity index is 1.60. The summed E-state index contributed by atoms with van der Waals surface area (Å²) in [5.41, 5.74) is 0.127. The predicted octanol–water partition coefficient (Wildman–Crippen LogP) is 2.30. The maximum absolute atomic E-state index is 6.25. The summed E-state index contributed by atoms with van der Waals surface area (Å²) in [6, 6.07) is 0. The number of rotatable bonds is 5. The van der Waals surface area contributed by atoms with Crippen LogP contribution in [-0.4, -0.2) is 50.0 Å². The Morgan fingerprint density at radius 3 is 3.00 bits per heavy atom. The van der Waals surface area contributed by atoms with Gasteiger partial charge >= 0.3 is 0 Å². The van der Waals surface area contributed by atoms with Crippen molar-refractivity contribution in [3.63, 3.8) is 0 Å². The Hall–Kier alpha value is -0.120. The SMILES string of the molecule is CCOC[C@@H]1CCC[C@@]12CN(CC1CC1)CCO2. The highest BCUT2D eigenvalue weighted by Crippen LogP contribution is 2.42. The van der Waals surface area contributed by atoms with Gasteiger partial charge in [0.05, 0.1) is 18.8 Å². The van der Waals surface area contributed by atoms with Crippen molar-refractivity contribution in [2.45, 2.75) is 44.6 Å². The summed E-state index contributed by atoms with van der Waals surface area (Å²) in [4.78, 5) is 2.66. The van der Waals surface area contributed by atoms with Crippen LogP contribution in [0.15, 0.2) is 0 Å². The van der Waals surface area contributed by atoms with Gasteiger partial charge in [-0.25, -0.2) is 0 Å². The molecule has 1 spiro atoms. The molecule has 0 aromatic carbocycles. The summed E-state index contributed by atoms with van der Waals surface area (Å²) in [6.07, 6.45) is 6.75. The lowest BCUT2D eigenvalue weighted by atomic mass is 9.89. The molecule has 0 amide bonds. The van der Waals surface area contributed by atoms with Crippen LogP contribution in [0.1, 0.15) is 39.0 Å². The number of ether oxygens (including phenoxy) is 2. The summed E-state index contributed by atoms with van der Waals surface area (Å²) in [7, 11) is 0. The van der Waals surface area contributed by atoms with Gasteiger partial charge in [-0.1, -0.05) is 6.42 Å². The van der Waals surface area contributed by atoms with Crippen LogP contribution < -0.4 is 0 Å². The molecule has 3 nitrogen and oxygen atoms in total. The van der Waals surface area contributed by atoms with E-state index in [0.29, 0.717) is 5.92 Å². The first-order valence-electron chi connectivity index (χ1n) is 7.76. The van der Waals surface area contributed by atoms with E-state index in [1.807, 2.05) is 0 Å². The molecule has 0 unspecified atom stereocenters. The molecule has 1 saturated heterocycles. The summed E-state index contributed by atoms with van der Waals surface area (Å²) >= 11 is 0. The van der Waals surface area contributed by atoms with Gasteiger partial charge < -0.3 is 9.47 Å². The number of hydrogen-bond donors (Lipinski definition) is 0. The van der Waals surface area contributed by atoms with Crippen molar-refractivity contribution in [2.75, 3.05) is 39.5 Å². The molecule has 3 fully saturated rings. The van der Waals surface area contributed by atoms with E-state index in [9.17, 15) is 0 Å². The van der Waals surface area contributed by atoms with E-state index >= 15 is 0 Å². The van der Waals surface area contributed by atoms with E-state index in [1.54, 1.807) is 0 Å². The molecule has 3 aliphatic rings. The molecule has 2 aliphatic carbocycles. The van der Waals surface area contributed by atoms with Gasteiger partial charge in [-0.05, 0) is 38.5 Å². The first-order valence-corrected chi connectivity index (χ1v) is 7.76. The Bertz CT molecular complexity index is 280. The van der Waals surface area contributed by atoms with Gasteiger partial charge in [-0.3, -0.25) is 4.90 Å². The average Bonchev–Trinajstić information content (AvgIpc) is 3.10. The summed E-state index contributed by atoms with van der Waals surface area (Å²) < 4.78 is 11.9. The van der Waals surface area contributed by atoms with E-state index in [1.165, 1.54) is 38.6 Å². The maximum atomic E-state index is 6.25. The Morgan fingerprint density at radius 2 is 2.22 bits per heavy atom. The molecule has 104 valence electrons. The highest BCUT2D eigenvalue weighted by atomic mass is 16.5. The van der Waals surface area contributed by atoms with E-state index in [0.717, 1.165) is 38.8 Å². The average molecular weight is 253 g/mol. The molecule has 1 aliphatic heterocycles. The number of morpholine rings is 1. The van der Waals surface area contributed by atoms with Crippen molar-refractivity contribution in [1.82, 2.24) is 4.90 Å². The third-order valence-electron chi connectivity index (χ3n) is 4.92. The van der Waals surface area contributed by atoms with Gasteiger partial charge in [0.15, 0.2) is 0 Å². The fraction of sp³-hybridized carbons (Fsp3) is 1.00. The number of nitrogens with zero attached hydrogens (tertiary/aromatic N) is 1. The second kappa shape index (κ2) is 5.48. The Morgan fingerprint density at radius 1 is 1.33 bits per heavy atom. The standard InChI is InChI=1S/C15H27NO2/c1-2-17-11-14-4-3-7-15(14)12-16(8-9-18-15)10-13-5-6-13/h13-14H,2-12H2,1H3/t14-,15+/m0/s1. The van der Waals surface area contributed by atoms with Gasteiger partial charge in [0.1, 0.15) is 0 Å². The Kier molecular flexibility index (Phi) is 3.92. The molecule has 2 saturated carbocycles. The van der Waals surface area contributed by atoms with Gasteiger partial charge in [0.25, 0.3) is 0 Å². The van der Waals surface area contributed by atoms with Crippen molar-refractivity contribution in [1.29, 1.82) is 0 Å². The molecule has 0 aromatic heterocycles. The minimum absolute atomic E-state index is 0.127. The molecule has 0 aromatic rings. The molecule has 18 heavy (non-hydrogen) atoms. The monoisotopic (exact) mass is 253 g/mol. The topological polar surface area (TPSA) is 21.7 Å². The van der Waals surface area contributed by atoms with Crippen LogP contribution in [0.4, 0.5) is 0 Å². The van der Waals surface area contributed by atoms with Crippen LogP contribution in [0.2, 0.25) is 0 Å². The largest absolute Gasteiger partial charge is 0.381 e. The molecular formula is C15H27NO2. The lowest BCUT2D eigenvalue weighted by molar-refractivity contribution is -0.141. The van der Waals surface area contributed by atoms with E-state index in [4.69, 9.17) is 9.47 Å². The van der Waals surface area contributed by atoms with Crippen LogP contribution >= 0.6 is 0 Å². The normalized spacial score (nSPS) is 37.5. The first-order chi connectivity index (χ1) is 8.82. The zero-order chi connectivity index (χ0) is 12.4. The van der Waals surface area contributed by atoms with Crippen LogP contribution in [0.5, 0.6) is 0 Å².